The maximum absolute atomic E-state index is 12.3. The number of carbonyl (C=O) groups is 2. The molecule has 0 aromatic heterocycles. The normalized spacial score (nSPS) is 12.0. The number of aliphatic hydroxyl groups is 1. The summed E-state index contributed by atoms with van der Waals surface area (Å²) in [5.74, 6) is -2.24. The van der Waals surface area contributed by atoms with E-state index >= 15 is 0 Å². The van der Waals surface area contributed by atoms with Crippen LogP contribution in [0.25, 0.3) is 0 Å². The molecule has 0 rings (SSSR count). The van der Waals surface area contributed by atoms with Crippen LogP contribution in [-0.2, 0) is 90.8 Å². The Morgan fingerprint density at radius 2 is 0.606 bits per heavy atom. The molecule has 0 saturated heterocycles. The minimum absolute atomic E-state index is 0. The molecule has 71 heavy (non-hydrogen) atoms. The fourth-order valence-electron chi connectivity index (χ4n) is 6.10. The minimum Gasteiger partial charge on any atom is -0.747 e. The second-order valence-corrected chi connectivity index (χ2v) is 17.4. The predicted molar refractivity (Wildman–Crippen MR) is 258 cm³/mol. The maximum atomic E-state index is 12.3. The van der Waals surface area contributed by atoms with Crippen LogP contribution in [0.5, 0.6) is 0 Å². The molecule has 0 bridgehead atoms. The quantitative estimate of drug-likeness (QED) is 0.0387. The summed E-state index contributed by atoms with van der Waals surface area (Å²) in [6.45, 7) is 12.8. The van der Waals surface area contributed by atoms with Crippen LogP contribution in [0.2, 0.25) is 0 Å². The molecule has 0 aliphatic carbocycles. The van der Waals surface area contributed by atoms with E-state index in [1.807, 2.05) is 0 Å². The molecule has 0 heterocycles. The summed E-state index contributed by atoms with van der Waals surface area (Å²) >= 11 is 0. The van der Waals surface area contributed by atoms with Gasteiger partial charge in [-0.1, -0.05) is 90.4 Å². The van der Waals surface area contributed by atoms with Crippen molar-refractivity contribution < 1.29 is 128 Å². The Kier molecular flexibility index (Phi) is 61.3. The first-order chi connectivity index (χ1) is 34.3. The van der Waals surface area contributed by atoms with E-state index in [-0.39, 0.29) is 69.2 Å². The maximum Gasteiger partial charge on any atom is 1.00 e. The Morgan fingerprint density at radius 3 is 0.859 bits per heavy atom. The number of hydrogen-bond acceptors (Lipinski definition) is 21. The molecule has 0 saturated carbocycles. The Morgan fingerprint density at radius 1 is 0.366 bits per heavy atom. The molecular weight excluding hydrogens is 968 g/mol. The van der Waals surface area contributed by atoms with Crippen molar-refractivity contribution >= 4 is 22.1 Å². The van der Waals surface area contributed by atoms with Gasteiger partial charge < -0.3 is 80.7 Å². The standard InChI is InChI=1S/C48H94O21S.Na/c1-2-3-4-5-6-7-8-9-10-11-12-13-14-15-17-69-48(51)46(70(52,53)54)45-47(50)68-44-43-67-42-41-66-40-39-65-38-37-64-36-35-63-34-33-62-32-31-61-30-29-60-28-27-59-26-25-58-24-23-57-22-21-56-20-19-55-18-16-49;/h46,49H,2-45H2,1H3,(H,52,53,54);/q;+1/p-1. The molecule has 418 valence electrons. The summed E-state index contributed by atoms with van der Waals surface area (Å²) in [7, 11) is -5.12. The molecule has 1 atom stereocenters. The summed E-state index contributed by atoms with van der Waals surface area (Å²) in [5.41, 5.74) is 0. The van der Waals surface area contributed by atoms with Crippen molar-refractivity contribution in [2.24, 2.45) is 0 Å². The number of ether oxygens (including phenoxy) is 15. The summed E-state index contributed by atoms with van der Waals surface area (Å²) in [5, 5.41) is 6.45. The van der Waals surface area contributed by atoms with Crippen molar-refractivity contribution in [2.45, 2.75) is 108 Å². The van der Waals surface area contributed by atoms with Crippen LogP contribution in [0.1, 0.15) is 103 Å². The van der Waals surface area contributed by atoms with Gasteiger partial charge in [0.25, 0.3) is 0 Å². The van der Waals surface area contributed by atoms with Crippen molar-refractivity contribution in [3.05, 3.63) is 0 Å². The third-order valence-electron chi connectivity index (χ3n) is 9.90. The summed E-state index contributed by atoms with van der Waals surface area (Å²) in [6, 6.07) is 0. The number of carbonyl (C=O) groups excluding carboxylic acids is 2. The molecule has 1 unspecified atom stereocenters. The van der Waals surface area contributed by atoms with Crippen LogP contribution < -0.4 is 29.6 Å². The van der Waals surface area contributed by atoms with Crippen molar-refractivity contribution in [1.82, 2.24) is 0 Å². The van der Waals surface area contributed by atoms with E-state index in [0.29, 0.717) is 158 Å². The van der Waals surface area contributed by atoms with Gasteiger partial charge >= 0.3 is 41.5 Å². The fourth-order valence-corrected chi connectivity index (χ4v) is 6.74. The molecule has 0 aliphatic heterocycles. The van der Waals surface area contributed by atoms with Crippen LogP contribution in [0, 0.1) is 0 Å². The Bertz CT molecular complexity index is 1190. The van der Waals surface area contributed by atoms with Crippen LogP contribution in [-0.4, -0.2) is 227 Å². The molecule has 0 spiro atoms. The second kappa shape index (κ2) is 60.2. The van der Waals surface area contributed by atoms with Gasteiger partial charge in [0.1, 0.15) is 16.7 Å². The molecule has 1 N–H and O–H groups in total. The van der Waals surface area contributed by atoms with Gasteiger partial charge in [0.05, 0.1) is 191 Å². The molecule has 0 aliphatic rings. The molecular formula is C48H93NaO21S. The number of unbranched alkanes of at least 4 members (excludes halogenated alkanes) is 13. The average Bonchev–Trinajstić information content (AvgIpc) is 3.34. The zero-order valence-electron chi connectivity index (χ0n) is 43.7. The fraction of sp³-hybridized carbons (Fsp3) is 0.958. The van der Waals surface area contributed by atoms with Gasteiger partial charge in [-0.2, -0.15) is 0 Å². The molecule has 0 radical (unpaired) electrons. The van der Waals surface area contributed by atoms with Crippen molar-refractivity contribution in [2.75, 3.05) is 192 Å². The molecule has 0 amide bonds. The van der Waals surface area contributed by atoms with Crippen LogP contribution in [0.3, 0.4) is 0 Å². The van der Waals surface area contributed by atoms with Crippen LogP contribution >= 0.6 is 0 Å². The van der Waals surface area contributed by atoms with Gasteiger partial charge in [0.15, 0.2) is 5.25 Å². The monoisotopic (exact) mass is 1060 g/mol. The number of rotatable bonds is 60. The van der Waals surface area contributed by atoms with Crippen molar-refractivity contribution in [3.63, 3.8) is 0 Å². The van der Waals surface area contributed by atoms with Crippen LogP contribution in [0.15, 0.2) is 0 Å². The third-order valence-corrected chi connectivity index (χ3v) is 11.0. The SMILES string of the molecule is CCCCCCCCCCCCCCCCOC(=O)C(CC(=O)OCCOCCOCCOCCOCCOCCOCCOCCOCCOCCOCCOCCOCCOCCO)S(=O)(=O)[O-].[Na+]. The Hall–Kier alpha value is -0.710. The minimum atomic E-state index is -5.12. The number of hydrogen-bond donors (Lipinski definition) is 1. The molecule has 23 heteroatoms. The van der Waals surface area contributed by atoms with E-state index in [0.717, 1.165) is 25.7 Å². The van der Waals surface area contributed by atoms with Gasteiger partial charge in [0.2, 0.25) is 0 Å². The number of esters is 2. The molecule has 0 aromatic rings. The van der Waals surface area contributed by atoms with E-state index in [1.54, 1.807) is 0 Å². The van der Waals surface area contributed by atoms with Gasteiger partial charge in [-0.3, -0.25) is 9.59 Å². The Labute approximate surface area is 448 Å². The second-order valence-electron chi connectivity index (χ2n) is 15.9. The zero-order chi connectivity index (χ0) is 51.0. The molecule has 21 nitrogen and oxygen atoms in total. The number of aliphatic hydroxyl groups excluding tert-OH is 1. The third kappa shape index (κ3) is 58.4. The Balaban J connectivity index is 0. The van der Waals surface area contributed by atoms with E-state index in [9.17, 15) is 22.6 Å². The first kappa shape index (κ1) is 72.4. The summed E-state index contributed by atoms with van der Waals surface area (Å²) < 4.78 is 115. The van der Waals surface area contributed by atoms with E-state index in [4.69, 9.17) is 76.2 Å². The average molecular weight is 1060 g/mol. The van der Waals surface area contributed by atoms with E-state index in [2.05, 4.69) is 6.92 Å². The molecule has 0 fully saturated rings. The topological polar surface area (TPSA) is 250 Å². The largest absolute Gasteiger partial charge is 1.00 e. The van der Waals surface area contributed by atoms with Crippen LogP contribution in [0.4, 0.5) is 0 Å². The van der Waals surface area contributed by atoms with Gasteiger partial charge in [-0.25, -0.2) is 8.42 Å². The van der Waals surface area contributed by atoms with E-state index < -0.39 is 33.7 Å². The first-order valence-corrected chi connectivity index (χ1v) is 27.2. The smallest absolute Gasteiger partial charge is 0.747 e. The molecule has 0 aromatic carbocycles. The summed E-state index contributed by atoms with van der Waals surface area (Å²) in [4.78, 5) is 24.5. The predicted octanol–water partition coefficient (Wildman–Crippen LogP) is 1.07. The van der Waals surface area contributed by atoms with Crippen molar-refractivity contribution in [1.29, 1.82) is 0 Å². The zero-order valence-corrected chi connectivity index (χ0v) is 46.5. The van der Waals surface area contributed by atoms with Gasteiger partial charge in [-0.15, -0.1) is 0 Å². The van der Waals surface area contributed by atoms with Crippen molar-refractivity contribution in [3.8, 4) is 0 Å². The van der Waals surface area contributed by atoms with Gasteiger partial charge in [-0.05, 0) is 6.42 Å². The summed E-state index contributed by atoms with van der Waals surface area (Å²) in [6.07, 6.45) is 15.4. The van der Waals surface area contributed by atoms with E-state index in [1.165, 1.54) is 57.8 Å². The first-order valence-electron chi connectivity index (χ1n) is 25.7. The van der Waals surface area contributed by atoms with Gasteiger partial charge in [0, 0.05) is 0 Å².